The number of fused-ring (bicyclic) bond motifs is 1. The van der Waals surface area contributed by atoms with Gasteiger partial charge in [0, 0.05) is 24.2 Å². The molecule has 3 aromatic rings. The summed E-state index contributed by atoms with van der Waals surface area (Å²) in [5, 5.41) is 1.07. The van der Waals surface area contributed by atoms with Gasteiger partial charge < -0.3 is 9.80 Å². The number of carbonyl (C=O) groups is 1. The molecule has 0 radical (unpaired) electrons. The van der Waals surface area contributed by atoms with Crippen LogP contribution in [0.2, 0.25) is 15.1 Å². The Labute approximate surface area is 242 Å². The molecule has 2 aliphatic heterocycles. The third-order valence-corrected chi connectivity index (χ3v) is 8.01. The average molecular weight is 587 g/mol. The van der Waals surface area contributed by atoms with Crippen molar-refractivity contribution >= 4 is 57.9 Å². The van der Waals surface area contributed by atoms with Crippen LogP contribution < -0.4 is 9.80 Å². The number of pyridine rings is 2. The normalized spacial score (nSPS) is 15.8. The number of aryl methyl sites for hydroxylation is 1. The number of rotatable bonds is 6. The molecule has 6 nitrogen and oxygen atoms in total. The maximum absolute atomic E-state index is 15.7. The monoisotopic (exact) mass is 585 g/mol. The van der Waals surface area contributed by atoms with E-state index in [4.69, 9.17) is 39.8 Å². The molecule has 202 valence electrons. The molecule has 4 heterocycles. The van der Waals surface area contributed by atoms with Crippen LogP contribution in [0.5, 0.6) is 0 Å². The number of halogens is 4. The topological polar surface area (TPSA) is 52.6 Å². The molecule has 0 spiro atoms. The van der Waals surface area contributed by atoms with Gasteiger partial charge in [-0.15, -0.1) is 0 Å². The molecule has 2 aromatic heterocycles. The van der Waals surface area contributed by atoms with Crippen molar-refractivity contribution in [3.63, 3.8) is 0 Å². The summed E-state index contributed by atoms with van der Waals surface area (Å²) < 4.78 is 15.7. The number of hydrogen-bond donors (Lipinski definition) is 0. The van der Waals surface area contributed by atoms with E-state index >= 15 is 4.39 Å². The standard InChI is InChI=1S/C29H27Cl3FN5O/c1-5-23(39)37-15-29(33,16-37)14-36-11-12-38(27-18(4)9-10-34-25(27)17(2)3)28-22(36)13-21(31)26(35-28)19-7-6-8-20(30)24(19)32/h5-13,17H,1,14-16H2,2-4H3. The van der Waals surface area contributed by atoms with Gasteiger partial charge in [0.05, 0.1) is 57.5 Å². The predicted octanol–water partition coefficient (Wildman–Crippen LogP) is 7.70. The van der Waals surface area contributed by atoms with Crippen molar-refractivity contribution in [3.8, 4) is 11.3 Å². The van der Waals surface area contributed by atoms with E-state index in [9.17, 15) is 4.79 Å². The number of benzene rings is 1. The number of likely N-dealkylation sites (tertiary alicyclic amines) is 1. The highest BCUT2D eigenvalue weighted by molar-refractivity contribution is 6.44. The van der Waals surface area contributed by atoms with Gasteiger partial charge in [-0.3, -0.25) is 14.7 Å². The zero-order valence-corrected chi connectivity index (χ0v) is 24.0. The molecule has 39 heavy (non-hydrogen) atoms. The zero-order valence-electron chi connectivity index (χ0n) is 21.8. The molecule has 10 heteroatoms. The van der Waals surface area contributed by atoms with Crippen LogP contribution in [0.15, 0.2) is 61.6 Å². The van der Waals surface area contributed by atoms with Crippen LogP contribution in [-0.4, -0.2) is 46.1 Å². The van der Waals surface area contributed by atoms with Gasteiger partial charge in [-0.1, -0.05) is 67.4 Å². The van der Waals surface area contributed by atoms with E-state index in [1.165, 1.54) is 11.0 Å². The van der Waals surface area contributed by atoms with Crippen molar-refractivity contribution in [1.82, 2.24) is 14.9 Å². The van der Waals surface area contributed by atoms with Gasteiger partial charge in [-0.05, 0) is 42.7 Å². The van der Waals surface area contributed by atoms with E-state index in [0.29, 0.717) is 37.8 Å². The number of amides is 1. The highest BCUT2D eigenvalue weighted by atomic mass is 35.5. The zero-order chi connectivity index (χ0) is 28.1. The molecular formula is C29H27Cl3FN5O. The second kappa shape index (κ2) is 10.5. The van der Waals surface area contributed by atoms with Crippen LogP contribution in [0.3, 0.4) is 0 Å². The fourth-order valence-corrected chi connectivity index (χ4v) is 5.62. The van der Waals surface area contributed by atoms with Gasteiger partial charge in [0.2, 0.25) is 5.91 Å². The lowest BCUT2D eigenvalue weighted by molar-refractivity contribution is -0.139. The van der Waals surface area contributed by atoms with Crippen LogP contribution in [0.4, 0.5) is 21.6 Å². The van der Waals surface area contributed by atoms with Crippen molar-refractivity contribution in [2.45, 2.75) is 32.4 Å². The van der Waals surface area contributed by atoms with Crippen molar-refractivity contribution in [3.05, 3.63) is 87.9 Å². The summed E-state index contributed by atoms with van der Waals surface area (Å²) in [6.45, 7) is 9.65. The summed E-state index contributed by atoms with van der Waals surface area (Å²) in [5.74, 6) is 0.402. The molecule has 1 fully saturated rings. The van der Waals surface area contributed by atoms with E-state index in [1.807, 2.05) is 30.3 Å². The van der Waals surface area contributed by atoms with Crippen molar-refractivity contribution < 1.29 is 9.18 Å². The van der Waals surface area contributed by atoms with Gasteiger partial charge in [0.25, 0.3) is 0 Å². The molecule has 1 amide bonds. The van der Waals surface area contributed by atoms with E-state index < -0.39 is 5.67 Å². The fraction of sp³-hybridized carbons (Fsp3) is 0.276. The van der Waals surface area contributed by atoms with Crippen molar-refractivity contribution in [2.75, 3.05) is 29.4 Å². The first kappa shape index (κ1) is 27.4. The lowest BCUT2D eigenvalue weighted by atomic mass is 9.95. The average Bonchev–Trinajstić information content (AvgIpc) is 2.88. The molecule has 0 N–H and O–H groups in total. The van der Waals surface area contributed by atoms with Gasteiger partial charge >= 0.3 is 0 Å². The predicted molar refractivity (Wildman–Crippen MR) is 157 cm³/mol. The first-order chi connectivity index (χ1) is 18.5. The Morgan fingerprint density at radius 1 is 1.18 bits per heavy atom. The SMILES string of the molecule is C=CC(=O)N1CC(F)(CN2C=CN(c3c(C)ccnc3C(C)C)c3nc(-c4cccc(Cl)c4Cl)c(Cl)cc32)C1. The van der Waals surface area contributed by atoms with Crippen molar-refractivity contribution in [2.24, 2.45) is 0 Å². The Kier molecular flexibility index (Phi) is 7.35. The molecule has 0 saturated carbocycles. The maximum Gasteiger partial charge on any atom is 0.246 e. The second-order valence-electron chi connectivity index (χ2n) is 10.1. The quantitative estimate of drug-likeness (QED) is 0.277. The van der Waals surface area contributed by atoms with E-state index in [0.717, 1.165) is 16.9 Å². The minimum Gasteiger partial charge on any atom is -0.340 e. The van der Waals surface area contributed by atoms with Crippen LogP contribution in [0.25, 0.3) is 11.3 Å². The molecule has 0 atom stereocenters. The Hall–Kier alpha value is -3.13. The van der Waals surface area contributed by atoms with Crippen LogP contribution in [-0.2, 0) is 4.79 Å². The summed E-state index contributed by atoms with van der Waals surface area (Å²) in [6, 6.07) is 9.00. The summed E-state index contributed by atoms with van der Waals surface area (Å²) in [7, 11) is 0. The molecule has 0 bridgehead atoms. The number of hydrogen-bond acceptors (Lipinski definition) is 5. The summed E-state index contributed by atoms with van der Waals surface area (Å²) >= 11 is 19.7. The lowest BCUT2D eigenvalue weighted by Gasteiger charge is -2.46. The number of carbonyl (C=O) groups excluding carboxylic acids is 1. The van der Waals surface area contributed by atoms with Gasteiger partial charge in [-0.2, -0.15) is 0 Å². The Morgan fingerprint density at radius 3 is 2.62 bits per heavy atom. The van der Waals surface area contributed by atoms with Crippen molar-refractivity contribution in [1.29, 1.82) is 0 Å². The Morgan fingerprint density at radius 2 is 1.92 bits per heavy atom. The first-order valence-corrected chi connectivity index (χ1v) is 13.6. The second-order valence-corrected chi connectivity index (χ2v) is 11.3. The van der Waals surface area contributed by atoms with E-state index in [-0.39, 0.29) is 31.5 Å². The maximum atomic E-state index is 15.7. The van der Waals surface area contributed by atoms with E-state index in [1.54, 1.807) is 35.4 Å². The first-order valence-electron chi connectivity index (χ1n) is 12.5. The number of nitrogens with zero attached hydrogens (tertiary/aromatic N) is 5. The summed E-state index contributed by atoms with van der Waals surface area (Å²) in [4.78, 5) is 26.7. The molecule has 1 aromatic carbocycles. The van der Waals surface area contributed by atoms with Gasteiger partial charge in [0.15, 0.2) is 11.5 Å². The molecule has 0 aliphatic carbocycles. The Balaban J connectivity index is 1.64. The molecule has 0 unspecified atom stereocenters. The third kappa shape index (κ3) is 4.99. The molecular weight excluding hydrogens is 560 g/mol. The highest BCUT2D eigenvalue weighted by Gasteiger charge is 2.47. The third-order valence-electron chi connectivity index (χ3n) is 6.91. The fourth-order valence-electron chi connectivity index (χ4n) is 4.99. The minimum absolute atomic E-state index is 0.0161. The number of alkyl halides is 1. The van der Waals surface area contributed by atoms with Gasteiger partial charge in [0.1, 0.15) is 0 Å². The minimum atomic E-state index is -1.60. The smallest absolute Gasteiger partial charge is 0.246 e. The highest BCUT2D eigenvalue weighted by Crippen LogP contribution is 2.46. The van der Waals surface area contributed by atoms with Crippen LogP contribution in [0.1, 0.15) is 31.0 Å². The number of anilines is 3. The summed E-state index contributed by atoms with van der Waals surface area (Å²) in [5.41, 5.74) is 2.87. The van der Waals surface area contributed by atoms with E-state index in [2.05, 4.69) is 25.4 Å². The van der Waals surface area contributed by atoms with Crippen LogP contribution in [0, 0.1) is 6.92 Å². The number of aromatic nitrogens is 2. The lowest BCUT2D eigenvalue weighted by Crippen LogP contribution is -2.64. The Bertz CT molecular complexity index is 1500. The van der Waals surface area contributed by atoms with Crippen LogP contribution >= 0.6 is 34.8 Å². The largest absolute Gasteiger partial charge is 0.340 e. The molecule has 1 saturated heterocycles. The van der Waals surface area contributed by atoms with Gasteiger partial charge in [-0.25, -0.2) is 9.37 Å². The molecule has 2 aliphatic rings. The summed E-state index contributed by atoms with van der Waals surface area (Å²) in [6.07, 6.45) is 6.66. The molecule has 5 rings (SSSR count).